The summed E-state index contributed by atoms with van der Waals surface area (Å²) in [5.74, 6) is -1.68. The Balaban J connectivity index is 2.54. The van der Waals surface area contributed by atoms with Crippen molar-refractivity contribution in [3.05, 3.63) is 64.6 Å². The molecule has 0 radical (unpaired) electrons. The van der Waals surface area contributed by atoms with E-state index in [0.29, 0.717) is 5.56 Å². The zero-order valence-corrected chi connectivity index (χ0v) is 9.15. The molecule has 1 atom stereocenters. The SMILES string of the molecule is O=C(O)C(c1ccc(F)cc1)n1cnccc1=O. The van der Waals surface area contributed by atoms with Crippen LogP contribution in [0.5, 0.6) is 0 Å². The molecule has 0 saturated carbocycles. The molecule has 1 unspecified atom stereocenters. The summed E-state index contributed by atoms with van der Waals surface area (Å²) in [5, 5.41) is 9.19. The molecule has 1 aromatic heterocycles. The molecular formula is C12H9FN2O3. The first-order valence-electron chi connectivity index (χ1n) is 5.10. The first-order chi connectivity index (χ1) is 8.59. The second kappa shape index (κ2) is 4.79. The molecule has 2 rings (SSSR count). The van der Waals surface area contributed by atoms with Gasteiger partial charge < -0.3 is 5.11 Å². The van der Waals surface area contributed by atoms with Gasteiger partial charge in [0.25, 0.3) is 5.56 Å². The lowest BCUT2D eigenvalue weighted by Gasteiger charge is -2.14. The first kappa shape index (κ1) is 12.0. The van der Waals surface area contributed by atoms with Crippen molar-refractivity contribution in [2.24, 2.45) is 0 Å². The summed E-state index contributed by atoms with van der Waals surface area (Å²) in [6, 6.07) is 4.90. The van der Waals surface area contributed by atoms with Gasteiger partial charge in [0.2, 0.25) is 0 Å². The minimum atomic E-state index is -1.22. The number of hydrogen-bond donors (Lipinski definition) is 1. The number of carboxylic acid groups (broad SMARTS) is 1. The fourth-order valence-electron chi connectivity index (χ4n) is 1.62. The minimum absolute atomic E-state index is 0.305. The van der Waals surface area contributed by atoms with Gasteiger partial charge in [-0.05, 0) is 17.7 Å². The van der Waals surface area contributed by atoms with E-state index < -0.39 is 23.4 Å². The van der Waals surface area contributed by atoms with E-state index >= 15 is 0 Å². The van der Waals surface area contributed by atoms with Crippen LogP contribution in [0.4, 0.5) is 4.39 Å². The number of rotatable bonds is 3. The van der Waals surface area contributed by atoms with Crippen molar-refractivity contribution < 1.29 is 14.3 Å². The third kappa shape index (κ3) is 2.27. The summed E-state index contributed by atoms with van der Waals surface area (Å²) in [4.78, 5) is 26.6. The molecule has 92 valence electrons. The van der Waals surface area contributed by atoms with Crippen LogP contribution in [0.3, 0.4) is 0 Å². The van der Waals surface area contributed by atoms with Gasteiger partial charge in [-0.1, -0.05) is 12.1 Å². The van der Waals surface area contributed by atoms with Crippen molar-refractivity contribution in [3.63, 3.8) is 0 Å². The predicted octanol–water partition coefficient (Wildman–Crippen LogP) is 1.06. The Bertz CT molecular complexity index is 622. The maximum Gasteiger partial charge on any atom is 0.331 e. The van der Waals surface area contributed by atoms with Crippen LogP contribution in [0, 0.1) is 5.82 Å². The summed E-state index contributed by atoms with van der Waals surface area (Å²) in [6.07, 6.45) is 2.42. The third-order valence-corrected chi connectivity index (χ3v) is 2.45. The van der Waals surface area contributed by atoms with Crippen LogP contribution < -0.4 is 5.56 Å². The van der Waals surface area contributed by atoms with Crippen LogP contribution in [0.25, 0.3) is 0 Å². The van der Waals surface area contributed by atoms with E-state index in [-0.39, 0.29) is 0 Å². The van der Waals surface area contributed by atoms with Gasteiger partial charge in [-0.2, -0.15) is 0 Å². The van der Waals surface area contributed by atoms with Crippen LogP contribution >= 0.6 is 0 Å². The highest BCUT2D eigenvalue weighted by atomic mass is 19.1. The van der Waals surface area contributed by atoms with Gasteiger partial charge in [0, 0.05) is 12.3 Å². The molecule has 0 saturated heterocycles. The Hall–Kier alpha value is -2.50. The zero-order valence-electron chi connectivity index (χ0n) is 9.15. The van der Waals surface area contributed by atoms with Gasteiger partial charge in [0.15, 0.2) is 6.04 Å². The number of hydrogen-bond acceptors (Lipinski definition) is 3. The smallest absolute Gasteiger partial charge is 0.331 e. The Kier molecular flexibility index (Phi) is 3.18. The third-order valence-electron chi connectivity index (χ3n) is 2.45. The molecule has 0 amide bonds. The van der Waals surface area contributed by atoms with E-state index in [4.69, 9.17) is 0 Å². The molecule has 1 heterocycles. The molecule has 0 aliphatic carbocycles. The van der Waals surface area contributed by atoms with Crippen LogP contribution in [0.15, 0.2) is 47.7 Å². The lowest BCUT2D eigenvalue weighted by atomic mass is 10.1. The Morgan fingerprint density at radius 2 is 1.94 bits per heavy atom. The molecule has 1 aromatic carbocycles. The number of carboxylic acids is 1. The normalized spacial score (nSPS) is 12.1. The highest BCUT2D eigenvalue weighted by Gasteiger charge is 2.22. The monoisotopic (exact) mass is 248 g/mol. The Morgan fingerprint density at radius 3 is 2.50 bits per heavy atom. The molecule has 0 aliphatic rings. The van der Waals surface area contributed by atoms with Crippen LogP contribution in [0.1, 0.15) is 11.6 Å². The molecule has 2 aromatic rings. The average Bonchev–Trinajstić information content (AvgIpc) is 2.34. The van der Waals surface area contributed by atoms with E-state index in [9.17, 15) is 19.1 Å². The van der Waals surface area contributed by atoms with Gasteiger partial charge in [-0.25, -0.2) is 14.2 Å². The topological polar surface area (TPSA) is 72.2 Å². The molecule has 0 bridgehead atoms. The molecule has 0 fully saturated rings. The van der Waals surface area contributed by atoms with Crippen molar-refractivity contribution in [2.45, 2.75) is 6.04 Å². The molecular weight excluding hydrogens is 239 g/mol. The van der Waals surface area contributed by atoms with Crippen molar-refractivity contribution in [1.82, 2.24) is 9.55 Å². The molecule has 1 N–H and O–H groups in total. The van der Waals surface area contributed by atoms with E-state index in [1.54, 1.807) is 0 Å². The van der Waals surface area contributed by atoms with E-state index in [1.165, 1.54) is 24.4 Å². The standard InChI is InChI=1S/C12H9FN2O3/c13-9-3-1-8(2-4-9)11(12(17)18)15-7-14-6-5-10(15)16/h1-7,11H,(H,17,18). The van der Waals surface area contributed by atoms with Gasteiger partial charge in [-0.15, -0.1) is 0 Å². The fourth-order valence-corrected chi connectivity index (χ4v) is 1.62. The zero-order chi connectivity index (χ0) is 13.1. The lowest BCUT2D eigenvalue weighted by Crippen LogP contribution is -2.30. The molecule has 18 heavy (non-hydrogen) atoms. The summed E-state index contributed by atoms with van der Waals surface area (Å²) in [7, 11) is 0. The van der Waals surface area contributed by atoms with E-state index in [2.05, 4.69) is 4.98 Å². The van der Waals surface area contributed by atoms with Crippen molar-refractivity contribution in [1.29, 1.82) is 0 Å². The number of benzene rings is 1. The van der Waals surface area contributed by atoms with Gasteiger partial charge >= 0.3 is 5.97 Å². The summed E-state index contributed by atoms with van der Waals surface area (Å²) < 4.78 is 13.8. The molecule has 5 nitrogen and oxygen atoms in total. The highest BCUT2D eigenvalue weighted by molar-refractivity contribution is 5.75. The second-order valence-corrected chi connectivity index (χ2v) is 3.62. The number of halogens is 1. The highest BCUT2D eigenvalue weighted by Crippen LogP contribution is 2.17. The maximum absolute atomic E-state index is 12.8. The van der Waals surface area contributed by atoms with E-state index in [0.717, 1.165) is 23.0 Å². The molecule has 0 spiro atoms. The van der Waals surface area contributed by atoms with E-state index in [1.807, 2.05) is 0 Å². The molecule has 0 aliphatic heterocycles. The Morgan fingerprint density at radius 1 is 1.28 bits per heavy atom. The molecule has 6 heteroatoms. The van der Waals surface area contributed by atoms with Crippen LogP contribution in [-0.4, -0.2) is 20.6 Å². The first-order valence-corrected chi connectivity index (χ1v) is 5.10. The van der Waals surface area contributed by atoms with Crippen molar-refractivity contribution in [2.75, 3.05) is 0 Å². The number of carbonyl (C=O) groups is 1. The van der Waals surface area contributed by atoms with Crippen molar-refractivity contribution >= 4 is 5.97 Å². The number of aromatic nitrogens is 2. The summed E-state index contributed by atoms with van der Waals surface area (Å²) in [6.45, 7) is 0. The summed E-state index contributed by atoms with van der Waals surface area (Å²) >= 11 is 0. The Labute approximate surface area is 101 Å². The largest absolute Gasteiger partial charge is 0.479 e. The van der Waals surface area contributed by atoms with Gasteiger partial charge in [0.05, 0.1) is 6.33 Å². The van der Waals surface area contributed by atoms with Crippen molar-refractivity contribution in [3.8, 4) is 0 Å². The second-order valence-electron chi connectivity index (χ2n) is 3.62. The van der Waals surface area contributed by atoms with Crippen LogP contribution in [-0.2, 0) is 4.79 Å². The quantitative estimate of drug-likeness (QED) is 0.881. The number of nitrogens with zero attached hydrogens (tertiary/aromatic N) is 2. The maximum atomic E-state index is 12.8. The fraction of sp³-hybridized carbons (Fsp3) is 0.0833. The minimum Gasteiger partial charge on any atom is -0.479 e. The lowest BCUT2D eigenvalue weighted by molar-refractivity contribution is -0.139. The van der Waals surface area contributed by atoms with Gasteiger partial charge in [0.1, 0.15) is 5.82 Å². The predicted molar refractivity (Wildman–Crippen MR) is 60.7 cm³/mol. The van der Waals surface area contributed by atoms with Gasteiger partial charge in [-0.3, -0.25) is 9.36 Å². The average molecular weight is 248 g/mol. The number of aliphatic carboxylic acids is 1. The van der Waals surface area contributed by atoms with Crippen LogP contribution in [0.2, 0.25) is 0 Å². The summed E-state index contributed by atoms with van der Waals surface area (Å²) in [5.41, 5.74) is -0.180.